The van der Waals surface area contributed by atoms with Gasteiger partial charge in [0.25, 0.3) is 5.82 Å². The Morgan fingerprint density at radius 2 is 1.75 bits per heavy atom. The molecule has 0 spiro atoms. The van der Waals surface area contributed by atoms with E-state index in [9.17, 15) is 0 Å². The molecule has 0 aromatic carbocycles. The maximum atomic E-state index is 3.39. The van der Waals surface area contributed by atoms with Crippen LogP contribution in [-0.2, 0) is 11.7 Å². The smallest absolute Gasteiger partial charge is 0.247 e. The summed E-state index contributed by atoms with van der Waals surface area (Å²) in [6.07, 6.45) is 5.37. The van der Waals surface area contributed by atoms with Gasteiger partial charge in [-0.25, -0.2) is 9.55 Å². The second-order valence-electron chi connectivity index (χ2n) is 6.47. The number of rotatable bonds is 2. The van der Waals surface area contributed by atoms with Crippen molar-refractivity contribution in [2.45, 2.75) is 58.4 Å². The van der Waals surface area contributed by atoms with Crippen LogP contribution in [-0.4, -0.2) is 16.8 Å². The van der Waals surface area contributed by atoms with E-state index in [2.05, 4.69) is 64.0 Å². The van der Waals surface area contributed by atoms with E-state index >= 15 is 0 Å². The molecule has 0 fully saturated rings. The summed E-state index contributed by atoms with van der Waals surface area (Å²) in [5.41, 5.74) is 0.170. The molecule has 1 N–H and O–H groups in total. The van der Waals surface area contributed by atoms with Crippen molar-refractivity contribution in [3.05, 3.63) is 18.2 Å². The van der Waals surface area contributed by atoms with Crippen molar-refractivity contribution >= 4 is 7.92 Å². The molecule has 0 radical (unpaired) electrons. The maximum Gasteiger partial charge on any atom is 0.258 e. The molecule has 1 aromatic rings. The Hall–Kier alpha value is -0.360. The summed E-state index contributed by atoms with van der Waals surface area (Å²) in [4.78, 5) is 3.39. The van der Waals surface area contributed by atoms with E-state index in [0.29, 0.717) is 5.16 Å². The lowest BCUT2D eigenvalue weighted by Gasteiger charge is -2.27. The van der Waals surface area contributed by atoms with E-state index in [1.807, 2.05) is 6.20 Å². The molecule has 0 aliphatic heterocycles. The summed E-state index contributed by atoms with van der Waals surface area (Å²) < 4.78 is 2.36. The maximum absolute atomic E-state index is 3.39. The number of aromatic nitrogens is 2. The largest absolute Gasteiger partial charge is 0.258 e. The van der Waals surface area contributed by atoms with E-state index < -0.39 is 0 Å². The monoisotopic (exact) mass is 241 g/mol. The molecular weight excluding hydrogens is 215 g/mol. The van der Waals surface area contributed by atoms with Crippen LogP contribution in [0.15, 0.2) is 12.4 Å². The quantitative estimate of drug-likeness (QED) is 0.604. The zero-order valence-corrected chi connectivity index (χ0v) is 12.7. The summed E-state index contributed by atoms with van der Waals surface area (Å²) in [7, 11) is 0.0124. The summed E-state index contributed by atoms with van der Waals surface area (Å²) in [5.74, 6) is 1.36. The predicted molar refractivity (Wildman–Crippen MR) is 72.3 cm³/mol. The third-order valence-electron chi connectivity index (χ3n) is 3.02. The average Bonchev–Trinajstić information content (AvgIpc) is 2.49. The van der Waals surface area contributed by atoms with Gasteiger partial charge in [-0.1, -0.05) is 28.7 Å². The molecule has 0 amide bonds. The summed E-state index contributed by atoms with van der Waals surface area (Å²) >= 11 is 0. The molecule has 0 bridgehead atoms. The van der Waals surface area contributed by atoms with Gasteiger partial charge in [-0.05, 0) is 32.6 Å². The van der Waals surface area contributed by atoms with Crippen LogP contribution in [0.3, 0.4) is 0 Å². The number of hydrogen-bond acceptors (Lipinski definition) is 0. The number of nitrogens with one attached hydrogen (secondary N) is 1. The van der Waals surface area contributed by atoms with Gasteiger partial charge in [-0.3, -0.25) is 0 Å². The van der Waals surface area contributed by atoms with Gasteiger partial charge in [-0.15, -0.1) is 0 Å². The highest BCUT2D eigenvalue weighted by Gasteiger charge is 2.28. The molecule has 16 heavy (non-hydrogen) atoms. The van der Waals surface area contributed by atoms with Crippen LogP contribution in [0.25, 0.3) is 0 Å². The highest BCUT2D eigenvalue weighted by Crippen LogP contribution is 2.47. The normalized spacial score (nSPS) is 15.2. The lowest BCUT2D eigenvalue weighted by molar-refractivity contribution is -0.758. The summed E-state index contributed by atoms with van der Waals surface area (Å²) in [6.45, 7) is 16.1. The van der Waals surface area contributed by atoms with Gasteiger partial charge < -0.3 is 0 Å². The molecule has 1 atom stereocenters. The average molecular weight is 241 g/mol. The van der Waals surface area contributed by atoms with Crippen molar-refractivity contribution < 1.29 is 4.57 Å². The van der Waals surface area contributed by atoms with Crippen LogP contribution in [0.5, 0.6) is 0 Å². The Bertz CT molecular complexity index is 342. The lowest BCUT2D eigenvalue weighted by atomic mass is 10.1. The first-order chi connectivity index (χ1) is 7.12. The predicted octanol–water partition coefficient (Wildman–Crippen LogP) is 3.47. The number of nitrogens with zero attached hydrogens (tertiary/aromatic N) is 1. The fourth-order valence-electron chi connectivity index (χ4n) is 1.58. The van der Waals surface area contributed by atoms with Crippen molar-refractivity contribution in [3.63, 3.8) is 0 Å². The van der Waals surface area contributed by atoms with Crippen molar-refractivity contribution in [1.29, 1.82) is 0 Å². The number of H-pyrrole nitrogens is 1. The molecule has 2 nitrogen and oxygen atoms in total. The molecule has 1 heterocycles. The van der Waals surface area contributed by atoms with Crippen LogP contribution in [0, 0.1) is 0 Å². The first-order valence-corrected chi connectivity index (χ1v) is 7.89. The van der Waals surface area contributed by atoms with Gasteiger partial charge in [0.15, 0.2) is 0 Å². The van der Waals surface area contributed by atoms with Crippen LogP contribution >= 0.6 is 7.92 Å². The number of hydrogen-bond donors (Lipinski definition) is 1. The zero-order valence-electron chi connectivity index (χ0n) is 11.8. The summed E-state index contributed by atoms with van der Waals surface area (Å²) in [5, 5.41) is 0.427. The van der Waals surface area contributed by atoms with Crippen molar-refractivity contribution in [1.82, 2.24) is 4.98 Å². The third-order valence-corrected chi connectivity index (χ3v) is 6.08. The first kappa shape index (κ1) is 13.7. The molecule has 0 aliphatic rings. The molecule has 0 saturated heterocycles. The van der Waals surface area contributed by atoms with Gasteiger partial charge in [0, 0.05) is 0 Å². The van der Waals surface area contributed by atoms with Gasteiger partial charge in [0.05, 0.1) is 6.16 Å². The topological polar surface area (TPSA) is 19.7 Å². The minimum Gasteiger partial charge on any atom is -0.247 e. The van der Waals surface area contributed by atoms with Crippen molar-refractivity contribution in [2.75, 3.05) is 6.66 Å². The second-order valence-corrected chi connectivity index (χ2v) is 9.53. The number of aromatic amines is 1. The fraction of sp³-hybridized carbons (Fsp3) is 0.769. The van der Waals surface area contributed by atoms with Crippen molar-refractivity contribution in [2.24, 2.45) is 0 Å². The Balaban J connectivity index is 2.87. The molecule has 0 unspecified atom stereocenters. The van der Waals surface area contributed by atoms with E-state index in [-0.39, 0.29) is 13.5 Å². The van der Waals surface area contributed by atoms with Crippen LogP contribution < -0.4 is 4.57 Å². The van der Waals surface area contributed by atoms with Crippen LogP contribution in [0.4, 0.5) is 0 Å². The molecule has 0 aliphatic carbocycles. The second kappa shape index (κ2) is 4.49. The van der Waals surface area contributed by atoms with Crippen LogP contribution in [0.2, 0.25) is 0 Å². The SMILES string of the molecule is C[P@](Cc1[nH]cc[n+]1C(C)(C)C)C(C)(C)C. The number of imidazole rings is 1. The highest BCUT2D eigenvalue weighted by atomic mass is 31.1. The molecular formula is C13H26N2P+. The Kier molecular flexibility index (Phi) is 3.84. The zero-order chi connectivity index (χ0) is 12.6. The Labute approximate surface area is 101 Å². The minimum absolute atomic E-state index is 0.0124. The van der Waals surface area contributed by atoms with Gasteiger partial charge in [0.2, 0.25) is 0 Å². The van der Waals surface area contributed by atoms with Gasteiger partial charge in [0.1, 0.15) is 17.9 Å². The molecule has 3 heteroatoms. The van der Waals surface area contributed by atoms with Gasteiger partial charge >= 0.3 is 0 Å². The van der Waals surface area contributed by atoms with Gasteiger partial charge in [-0.2, -0.15) is 0 Å². The molecule has 1 aromatic heterocycles. The van der Waals surface area contributed by atoms with E-state index in [0.717, 1.165) is 0 Å². The molecule has 92 valence electrons. The fourth-order valence-corrected chi connectivity index (χ4v) is 2.75. The van der Waals surface area contributed by atoms with Crippen molar-refractivity contribution in [3.8, 4) is 0 Å². The third kappa shape index (κ3) is 3.31. The summed E-state index contributed by atoms with van der Waals surface area (Å²) in [6, 6.07) is 0. The first-order valence-electron chi connectivity index (χ1n) is 5.92. The minimum atomic E-state index is 0.0124. The van der Waals surface area contributed by atoms with E-state index in [1.54, 1.807) is 0 Å². The standard InChI is InChI=1S/C13H25N2P/c1-12(2,3)15-9-8-14-11(15)10-16(7)13(4,5)6/h8-9H,10H2,1-7H3/p+1/t16-/m1/s1. The Morgan fingerprint density at radius 1 is 1.19 bits per heavy atom. The van der Waals surface area contributed by atoms with E-state index in [4.69, 9.17) is 0 Å². The molecule has 1 rings (SSSR count). The lowest BCUT2D eigenvalue weighted by Crippen LogP contribution is -2.51. The van der Waals surface area contributed by atoms with E-state index in [1.165, 1.54) is 12.0 Å². The molecule has 0 saturated carbocycles. The van der Waals surface area contributed by atoms with Crippen LogP contribution in [0.1, 0.15) is 47.4 Å². The Morgan fingerprint density at radius 3 is 2.19 bits per heavy atom. The highest BCUT2D eigenvalue weighted by molar-refractivity contribution is 7.57.